The molecule has 0 aliphatic heterocycles. The van der Waals surface area contributed by atoms with E-state index in [0.717, 1.165) is 6.42 Å². The first kappa shape index (κ1) is 24.4. The molecule has 0 amide bonds. The maximum atomic E-state index is 3.79. The van der Waals surface area contributed by atoms with Crippen LogP contribution >= 0.6 is 0 Å². The summed E-state index contributed by atoms with van der Waals surface area (Å²) in [5.41, 5.74) is 11.3. The van der Waals surface area contributed by atoms with Gasteiger partial charge in [-0.05, 0) is 39.5 Å². The van der Waals surface area contributed by atoms with Crippen molar-refractivity contribution < 1.29 is 51.0 Å². The Labute approximate surface area is 194 Å². The molecule has 139 valence electrons. The van der Waals surface area contributed by atoms with Crippen LogP contribution in [0.5, 0.6) is 0 Å². The predicted octanol–water partition coefficient (Wildman–Crippen LogP) is -1.31. The Kier molecular flexibility index (Phi) is 7.60. The summed E-state index contributed by atoms with van der Waals surface area (Å²) < 4.78 is 0. The van der Waals surface area contributed by atoms with Gasteiger partial charge in [0.05, 0.1) is 0 Å². The van der Waals surface area contributed by atoms with Crippen LogP contribution in [0.25, 0.3) is 11.6 Å². The Morgan fingerprint density at radius 2 is 1.67 bits per heavy atom. The summed E-state index contributed by atoms with van der Waals surface area (Å²) in [6.45, 7) is 13.8. The summed E-state index contributed by atoms with van der Waals surface area (Å²) in [6.07, 6.45) is 11.6. The molecule has 0 bridgehead atoms. The molecule has 3 aliphatic carbocycles. The molecule has 0 nitrogen and oxygen atoms in total. The van der Waals surface area contributed by atoms with Crippen LogP contribution in [0.2, 0.25) is 0 Å². The first-order valence-electron chi connectivity index (χ1n) is 8.87. The molecule has 3 aliphatic rings. The molecule has 3 heteroatoms. The maximum Gasteiger partial charge on any atom is 3.00 e. The summed E-state index contributed by atoms with van der Waals surface area (Å²) in [6, 6.07) is 4.59. The normalized spacial score (nSPS) is 18.7. The third-order valence-corrected chi connectivity index (χ3v) is 6.08. The zero-order valence-corrected chi connectivity index (χ0v) is 20.8. The molecular weight excluding hydrogens is 450 g/mol. The first-order chi connectivity index (χ1) is 11.3. The second-order valence-electron chi connectivity index (χ2n) is 7.95. The van der Waals surface area contributed by atoms with E-state index >= 15 is 0 Å². The van der Waals surface area contributed by atoms with Crippen molar-refractivity contribution in [1.82, 2.24) is 0 Å². The predicted molar refractivity (Wildman–Crippen MR) is 103 cm³/mol. The third-order valence-electron chi connectivity index (χ3n) is 6.08. The van der Waals surface area contributed by atoms with E-state index in [1.54, 1.807) is 0 Å². The number of hydrogen-bond acceptors (Lipinski definition) is 0. The summed E-state index contributed by atoms with van der Waals surface area (Å²) in [4.78, 5) is 0. The van der Waals surface area contributed by atoms with Gasteiger partial charge in [-0.2, -0.15) is 0 Å². The van der Waals surface area contributed by atoms with Crippen LogP contribution < -0.4 is 35.3 Å². The topological polar surface area (TPSA) is 0 Å². The molecule has 0 N–H and O–H groups in total. The molecule has 1 aromatic carbocycles. The Morgan fingerprint density at radius 3 is 2.26 bits per heavy atom. The average molecular weight is 476 g/mol. The SMILES string of the molecule is CC1=C(C)C(C)(C)C(C2=CC=CC2)=C2[C-]=c3cc(C)cc(C)c3=C12.[Cl-].[Cl-].[Zr+3]. The van der Waals surface area contributed by atoms with Gasteiger partial charge in [-0.15, -0.1) is 33.7 Å². The van der Waals surface area contributed by atoms with E-state index < -0.39 is 0 Å². The molecule has 0 spiro atoms. The van der Waals surface area contributed by atoms with Gasteiger partial charge in [-0.25, -0.2) is 0 Å². The van der Waals surface area contributed by atoms with Crippen LogP contribution in [0.3, 0.4) is 0 Å². The van der Waals surface area contributed by atoms with Crippen molar-refractivity contribution in [3.05, 3.63) is 79.8 Å². The zero-order chi connectivity index (χ0) is 17.2. The van der Waals surface area contributed by atoms with E-state index in [4.69, 9.17) is 0 Å². The van der Waals surface area contributed by atoms with Crippen LogP contribution in [0.1, 0.15) is 45.2 Å². The quantitative estimate of drug-likeness (QED) is 0.443. The monoisotopic (exact) mass is 473 g/mol. The van der Waals surface area contributed by atoms with E-state index in [1.807, 2.05) is 0 Å². The summed E-state index contributed by atoms with van der Waals surface area (Å²) in [5, 5.41) is 2.67. The van der Waals surface area contributed by atoms with Crippen molar-refractivity contribution in [3.63, 3.8) is 0 Å². The minimum atomic E-state index is 0. The van der Waals surface area contributed by atoms with Crippen LogP contribution in [-0.2, 0) is 26.2 Å². The van der Waals surface area contributed by atoms with Crippen molar-refractivity contribution in [1.29, 1.82) is 0 Å². The number of fused-ring (bicyclic) bond motifs is 2. The first-order valence-corrected chi connectivity index (χ1v) is 8.87. The van der Waals surface area contributed by atoms with Crippen LogP contribution in [-0.4, -0.2) is 0 Å². The van der Waals surface area contributed by atoms with Crippen molar-refractivity contribution in [2.45, 2.75) is 48.0 Å². The fourth-order valence-corrected chi connectivity index (χ4v) is 4.63. The molecule has 27 heavy (non-hydrogen) atoms. The van der Waals surface area contributed by atoms with Gasteiger partial charge in [-0.3, -0.25) is 0 Å². The smallest absolute Gasteiger partial charge is 1.00 e. The van der Waals surface area contributed by atoms with E-state index in [-0.39, 0.29) is 56.4 Å². The van der Waals surface area contributed by atoms with Crippen molar-refractivity contribution in [2.75, 3.05) is 0 Å². The Morgan fingerprint density at radius 1 is 1.00 bits per heavy atom. The van der Waals surface area contributed by atoms with Crippen molar-refractivity contribution >= 4 is 11.6 Å². The van der Waals surface area contributed by atoms with E-state index in [0.29, 0.717) is 0 Å². The second-order valence-corrected chi connectivity index (χ2v) is 7.95. The van der Waals surface area contributed by atoms with Crippen LogP contribution in [0, 0.1) is 19.3 Å². The Hall–Kier alpha value is -0.617. The van der Waals surface area contributed by atoms with Gasteiger partial charge in [0.2, 0.25) is 0 Å². The van der Waals surface area contributed by atoms with Crippen molar-refractivity contribution in [3.8, 4) is 0 Å². The number of hydrogen-bond donors (Lipinski definition) is 0. The van der Waals surface area contributed by atoms with Gasteiger partial charge >= 0.3 is 26.2 Å². The minimum Gasteiger partial charge on any atom is -1.00 e. The molecule has 0 saturated heterocycles. The molecular formula is C24H25Cl2Zr. The summed E-state index contributed by atoms with van der Waals surface area (Å²) in [7, 11) is 0. The van der Waals surface area contributed by atoms with E-state index in [1.165, 1.54) is 55.0 Å². The number of rotatable bonds is 1. The van der Waals surface area contributed by atoms with Gasteiger partial charge in [0.25, 0.3) is 0 Å². The number of allylic oxidation sites excluding steroid dienone is 8. The minimum absolute atomic E-state index is 0. The third kappa shape index (κ3) is 3.57. The van der Waals surface area contributed by atoms with Gasteiger partial charge in [0, 0.05) is 0 Å². The zero-order valence-electron chi connectivity index (χ0n) is 16.8. The molecule has 0 saturated carbocycles. The Bertz CT molecular complexity index is 1030. The Balaban J connectivity index is 0.00000121. The number of benzene rings is 1. The largest absolute Gasteiger partial charge is 3.00 e. The van der Waals surface area contributed by atoms with Gasteiger partial charge in [0.1, 0.15) is 0 Å². The summed E-state index contributed by atoms with van der Waals surface area (Å²) in [5.74, 6) is 0. The molecule has 0 unspecified atom stereocenters. The maximum absolute atomic E-state index is 3.79. The number of halogens is 2. The molecule has 0 heterocycles. The molecule has 0 atom stereocenters. The average Bonchev–Trinajstić information content (AvgIpc) is 3.12. The molecule has 1 aromatic rings. The van der Waals surface area contributed by atoms with Gasteiger partial charge in [0.15, 0.2) is 0 Å². The second kappa shape index (κ2) is 8.40. The molecule has 0 fully saturated rings. The van der Waals surface area contributed by atoms with Crippen molar-refractivity contribution in [2.24, 2.45) is 5.41 Å². The van der Waals surface area contributed by atoms with Crippen LogP contribution in [0.15, 0.2) is 58.2 Å². The number of aryl methyl sites for hydroxylation is 2. The van der Waals surface area contributed by atoms with Crippen LogP contribution in [0.4, 0.5) is 0 Å². The molecule has 4 rings (SSSR count). The fourth-order valence-electron chi connectivity index (χ4n) is 4.63. The molecule has 1 radical (unpaired) electrons. The van der Waals surface area contributed by atoms with E-state index in [9.17, 15) is 0 Å². The standard InChI is InChI=1S/C24H25.2ClH.Zr/c1-14-11-15(2)21-19(12-14)13-20-22(21)16(3)17(4)24(5,6)23(20)18-9-7-8-10-18;;;/h7-9,11-12H,10H2,1-6H3;2*1H;/q-1;;;+3/p-2. The van der Waals surface area contributed by atoms with E-state index in [2.05, 4.69) is 78.0 Å². The fraction of sp³-hybridized carbons (Fsp3) is 0.333. The van der Waals surface area contributed by atoms with Gasteiger partial charge < -0.3 is 24.8 Å². The molecule has 0 aromatic heterocycles. The summed E-state index contributed by atoms with van der Waals surface area (Å²) >= 11 is 0. The van der Waals surface area contributed by atoms with Gasteiger partial charge in [-0.1, -0.05) is 71.6 Å².